The summed E-state index contributed by atoms with van der Waals surface area (Å²) in [5, 5.41) is 10.8. The largest absolute Gasteiger partial charge is 0.486 e. The monoisotopic (exact) mass is 399 g/mol. The molecule has 1 aliphatic rings. The molecule has 0 bridgehead atoms. The van der Waals surface area contributed by atoms with Gasteiger partial charge in [-0.15, -0.1) is 0 Å². The molecule has 6 nitrogen and oxygen atoms in total. The van der Waals surface area contributed by atoms with Crippen LogP contribution < -0.4 is 9.47 Å². The predicted molar refractivity (Wildman–Crippen MR) is 105 cm³/mol. The molecule has 144 valence electrons. The van der Waals surface area contributed by atoms with Gasteiger partial charge < -0.3 is 14.6 Å². The van der Waals surface area contributed by atoms with Crippen molar-refractivity contribution < 1.29 is 24.2 Å². The maximum Gasteiger partial charge on any atom is 0.310 e. The molecule has 1 unspecified atom stereocenters. The van der Waals surface area contributed by atoms with E-state index >= 15 is 0 Å². The normalized spacial score (nSPS) is 14.1. The molecule has 4 rings (SSSR count). The van der Waals surface area contributed by atoms with E-state index in [4.69, 9.17) is 21.1 Å². The molecule has 3 aromatic rings. The van der Waals surface area contributed by atoms with E-state index in [1.165, 1.54) is 4.57 Å². The van der Waals surface area contributed by atoms with Gasteiger partial charge in [-0.1, -0.05) is 11.6 Å². The molecular formula is C21H18ClNO5. The van der Waals surface area contributed by atoms with Crippen LogP contribution in [0.25, 0.3) is 10.9 Å². The van der Waals surface area contributed by atoms with E-state index in [0.717, 1.165) is 0 Å². The molecule has 1 aromatic heterocycles. The van der Waals surface area contributed by atoms with Gasteiger partial charge in [-0.2, -0.15) is 0 Å². The Morgan fingerprint density at radius 2 is 1.71 bits per heavy atom. The van der Waals surface area contributed by atoms with Crippen molar-refractivity contribution in [3.05, 3.63) is 58.2 Å². The van der Waals surface area contributed by atoms with E-state index in [1.807, 2.05) is 0 Å². The summed E-state index contributed by atoms with van der Waals surface area (Å²) >= 11 is 5.93. The smallest absolute Gasteiger partial charge is 0.310 e. The third-order valence-corrected chi connectivity index (χ3v) is 5.27. The van der Waals surface area contributed by atoms with E-state index in [9.17, 15) is 14.7 Å². The first-order valence-electron chi connectivity index (χ1n) is 8.86. The molecule has 1 atom stereocenters. The van der Waals surface area contributed by atoms with Crippen molar-refractivity contribution in [3.8, 4) is 11.5 Å². The summed E-state index contributed by atoms with van der Waals surface area (Å²) in [5.74, 6) is -0.926. The Labute approximate surface area is 166 Å². The Morgan fingerprint density at radius 1 is 1.11 bits per heavy atom. The molecule has 2 aromatic carbocycles. The number of hydrogen-bond donors (Lipinski definition) is 1. The van der Waals surface area contributed by atoms with Crippen molar-refractivity contribution >= 4 is 34.4 Å². The van der Waals surface area contributed by atoms with Crippen molar-refractivity contribution in [1.82, 2.24) is 4.57 Å². The fourth-order valence-electron chi connectivity index (χ4n) is 3.63. The van der Waals surface area contributed by atoms with Crippen LogP contribution >= 0.6 is 11.6 Å². The molecule has 2 heterocycles. The number of nitrogens with zero attached hydrogens (tertiary/aromatic N) is 1. The van der Waals surface area contributed by atoms with E-state index in [-0.39, 0.29) is 5.91 Å². The summed E-state index contributed by atoms with van der Waals surface area (Å²) in [6, 6.07) is 10.1. The molecule has 28 heavy (non-hydrogen) atoms. The van der Waals surface area contributed by atoms with E-state index in [1.54, 1.807) is 50.2 Å². The summed E-state index contributed by atoms with van der Waals surface area (Å²) in [6.07, 6.45) is 0. The second kappa shape index (κ2) is 6.87. The van der Waals surface area contributed by atoms with Crippen LogP contribution in [0.1, 0.15) is 34.5 Å². The number of carboxylic acid groups (broad SMARTS) is 1. The molecule has 0 aliphatic carbocycles. The second-order valence-corrected chi connectivity index (χ2v) is 7.16. The van der Waals surface area contributed by atoms with Crippen LogP contribution in [0.15, 0.2) is 36.4 Å². The Kier molecular flexibility index (Phi) is 4.51. The van der Waals surface area contributed by atoms with Crippen molar-refractivity contribution in [2.24, 2.45) is 0 Å². The van der Waals surface area contributed by atoms with E-state index in [2.05, 4.69) is 0 Å². The van der Waals surface area contributed by atoms with Gasteiger partial charge in [-0.05, 0) is 49.7 Å². The van der Waals surface area contributed by atoms with Gasteiger partial charge in [-0.25, -0.2) is 0 Å². The number of carbonyl (C=O) groups is 2. The first kappa shape index (κ1) is 18.4. The highest BCUT2D eigenvalue weighted by Crippen LogP contribution is 2.40. The number of hydrogen-bond acceptors (Lipinski definition) is 4. The number of halogens is 1. The summed E-state index contributed by atoms with van der Waals surface area (Å²) < 4.78 is 12.8. The molecule has 0 radical (unpaired) electrons. The SMILES string of the molecule is Cc1c(C(C)C(=O)O)c2cc3c(cc2n1C(=O)c1ccc(Cl)cc1)OCCO3. The maximum atomic E-state index is 13.3. The van der Waals surface area contributed by atoms with Crippen molar-refractivity contribution in [1.29, 1.82) is 0 Å². The number of carboxylic acids is 1. The van der Waals surface area contributed by atoms with Crippen molar-refractivity contribution in [2.45, 2.75) is 19.8 Å². The zero-order chi connectivity index (χ0) is 20.0. The summed E-state index contributed by atoms with van der Waals surface area (Å²) in [5.41, 5.74) is 2.20. The molecule has 0 spiro atoms. The number of benzene rings is 2. The minimum atomic E-state index is -0.962. The second-order valence-electron chi connectivity index (χ2n) is 6.72. The lowest BCUT2D eigenvalue weighted by Gasteiger charge is -2.19. The zero-order valence-electron chi connectivity index (χ0n) is 15.4. The number of aliphatic carboxylic acids is 1. The lowest BCUT2D eigenvalue weighted by Crippen LogP contribution is -2.16. The van der Waals surface area contributed by atoms with E-state index in [0.29, 0.717) is 57.5 Å². The van der Waals surface area contributed by atoms with Crippen LogP contribution in [-0.2, 0) is 4.79 Å². The lowest BCUT2D eigenvalue weighted by molar-refractivity contribution is -0.138. The highest BCUT2D eigenvalue weighted by atomic mass is 35.5. The average Bonchev–Trinajstić information content (AvgIpc) is 2.96. The van der Waals surface area contributed by atoms with Gasteiger partial charge in [0.25, 0.3) is 5.91 Å². The number of ether oxygens (including phenoxy) is 2. The van der Waals surface area contributed by atoms with Crippen LogP contribution in [0.2, 0.25) is 5.02 Å². The van der Waals surface area contributed by atoms with Gasteiger partial charge in [0.15, 0.2) is 11.5 Å². The van der Waals surface area contributed by atoms with E-state index < -0.39 is 11.9 Å². The minimum absolute atomic E-state index is 0.264. The molecule has 0 saturated heterocycles. The Hall–Kier alpha value is -2.99. The van der Waals surface area contributed by atoms with Gasteiger partial charge in [0.05, 0.1) is 11.4 Å². The van der Waals surface area contributed by atoms with Crippen LogP contribution in [0.5, 0.6) is 11.5 Å². The summed E-state index contributed by atoms with van der Waals surface area (Å²) in [7, 11) is 0. The molecular weight excluding hydrogens is 382 g/mol. The predicted octanol–water partition coefficient (Wildman–Crippen LogP) is 4.25. The van der Waals surface area contributed by atoms with Crippen molar-refractivity contribution in [2.75, 3.05) is 13.2 Å². The Bertz CT molecular complexity index is 1100. The molecule has 1 N–H and O–H groups in total. The minimum Gasteiger partial charge on any atom is -0.486 e. The van der Waals surface area contributed by atoms with Gasteiger partial charge in [-0.3, -0.25) is 14.2 Å². The number of fused-ring (bicyclic) bond motifs is 2. The quantitative estimate of drug-likeness (QED) is 0.712. The number of rotatable bonds is 3. The molecule has 1 aliphatic heterocycles. The van der Waals surface area contributed by atoms with Crippen LogP contribution in [-0.4, -0.2) is 34.8 Å². The first-order chi connectivity index (χ1) is 13.4. The lowest BCUT2D eigenvalue weighted by atomic mass is 9.98. The third-order valence-electron chi connectivity index (χ3n) is 5.01. The molecule has 0 fully saturated rings. The third kappa shape index (κ3) is 2.90. The molecule has 0 amide bonds. The van der Waals surface area contributed by atoms with Crippen LogP contribution in [0.3, 0.4) is 0 Å². The molecule has 7 heteroatoms. The van der Waals surface area contributed by atoms with Crippen LogP contribution in [0.4, 0.5) is 0 Å². The van der Waals surface area contributed by atoms with Crippen molar-refractivity contribution in [3.63, 3.8) is 0 Å². The van der Waals surface area contributed by atoms with Crippen LogP contribution in [0, 0.1) is 6.92 Å². The van der Waals surface area contributed by atoms with Gasteiger partial charge in [0.1, 0.15) is 13.2 Å². The fraction of sp³-hybridized carbons (Fsp3) is 0.238. The topological polar surface area (TPSA) is 77.8 Å². The number of aromatic nitrogens is 1. The van der Waals surface area contributed by atoms with Gasteiger partial charge >= 0.3 is 5.97 Å². The average molecular weight is 400 g/mol. The Morgan fingerprint density at radius 3 is 2.32 bits per heavy atom. The fourth-order valence-corrected chi connectivity index (χ4v) is 3.75. The van der Waals surface area contributed by atoms with Gasteiger partial charge in [0.2, 0.25) is 0 Å². The zero-order valence-corrected chi connectivity index (χ0v) is 16.1. The Balaban J connectivity index is 1.99. The molecule has 0 saturated carbocycles. The van der Waals surface area contributed by atoms with Gasteiger partial charge in [0, 0.05) is 27.7 Å². The first-order valence-corrected chi connectivity index (χ1v) is 9.24. The highest BCUT2D eigenvalue weighted by Gasteiger charge is 2.28. The summed E-state index contributed by atoms with van der Waals surface area (Å²) in [6.45, 7) is 4.20. The maximum absolute atomic E-state index is 13.3. The number of carbonyl (C=O) groups excluding carboxylic acids is 1. The highest BCUT2D eigenvalue weighted by molar-refractivity contribution is 6.30. The summed E-state index contributed by atoms with van der Waals surface area (Å²) in [4.78, 5) is 25.0. The standard InChI is InChI=1S/C21H18ClNO5/c1-11(21(25)26)19-12(2)23(20(24)13-3-5-14(22)6-4-13)16-10-18-17(9-15(16)19)27-7-8-28-18/h3-6,9-11H,7-8H2,1-2H3,(H,25,26).